The van der Waals surface area contributed by atoms with Gasteiger partial charge in [-0.1, -0.05) is 6.92 Å². The molecule has 5 heteroatoms. The Morgan fingerprint density at radius 3 is 2.80 bits per heavy atom. The van der Waals surface area contributed by atoms with Crippen LogP contribution in [0.25, 0.3) is 0 Å². The number of amides is 1. The minimum absolute atomic E-state index is 0.322. The third-order valence-electron chi connectivity index (χ3n) is 2.04. The molecule has 0 aliphatic rings. The molecule has 1 unspecified atom stereocenters. The lowest BCUT2D eigenvalue weighted by Gasteiger charge is -2.12. The fourth-order valence-corrected chi connectivity index (χ4v) is 2.90. The summed E-state index contributed by atoms with van der Waals surface area (Å²) in [5.41, 5.74) is 5.36. The summed E-state index contributed by atoms with van der Waals surface area (Å²) >= 11 is 5.02. The summed E-state index contributed by atoms with van der Waals surface area (Å²) < 4.78 is 1.03. The Morgan fingerprint density at radius 1 is 1.73 bits per heavy atom. The van der Waals surface area contributed by atoms with Crippen LogP contribution in [0, 0.1) is 6.92 Å². The van der Waals surface area contributed by atoms with E-state index in [1.165, 1.54) is 0 Å². The van der Waals surface area contributed by atoms with Crippen molar-refractivity contribution in [2.75, 3.05) is 6.54 Å². The fourth-order valence-electron chi connectivity index (χ4n) is 1.25. The summed E-state index contributed by atoms with van der Waals surface area (Å²) in [7, 11) is 0. The number of carbonyl (C=O) groups excluding carboxylic acids is 1. The fraction of sp³-hybridized carbons (Fsp3) is 0.500. The first-order chi connectivity index (χ1) is 7.06. The van der Waals surface area contributed by atoms with Crippen LogP contribution in [0.4, 0.5) is 0 Å². The largest absolute Gasteiger partial charge is 0.368 e. The Balaban J connectivity index is 2.84. The maximum atomic E-state index is 11.3. The van der Waals surface area contributed by atoms with Gasteiger partial charge in [0.1, 0.15) is 6.04 Å². The van der Waals surface area contributed by atoms with E-state index < -0.39 is 0 Å². The summed E-state index contributed by atoms with van der Waals surface area (Å²) in [6.45, 7) is 4.86. The van der Waals surface area contributed by atoms with Crippen LogP contribution in [0.3, 0.4) is 0 Å². The molecule has 1 atom stereocenters. The average molecular weight is 291 g/mol. The molecule has 15 heavy (non-hydrogen) atoms. The van der Waals surface area contributed by atoms with Crippen LogP contribution in [0.15, 0.2) is 10.5 Å². The van der Waals surface area contributed by atoms with Gasteiger partial charge >= 0.3 is 0 Å². The maximum absolute atomic E-state index is 11.3. The molecule has 84 valence electrons. The summed E-state index contributed by atoms with van der Waals surface area (Å²) in [4.78, 5) is 13.4. The monoisotopic (exact) mass is 290 g/mol. The Morgan fingerprint density at radius 2 is 2.40 bits per heavy atom. The highest BCUT2D eigenvalue weighted by molar-refractivity contribution is 9.10. The highest BCUT2D eigenvalue weighted by Gasteiger charge is 2.19. The number of rotatable bonds is 5. The molecule has 0 aliphatic heterocycles. The number of nitrogens with one attached hydrogen (secondary N) is 1. The van der Waals surface area contributed by atoms with Crippen LogP contribution in [0.5, 0.6) is 0 Å². The third kappa shape index (κ3) is 3.29. The predicted octanol–water partition coefficient (Wildman–Crippen LogP) is 2.35. The van der Waals surface area contributed by atoms with Gasteiger partial charge in [0.05, 0.1) is 0 Å². The number of nitrogens with two attached hydrogens (primary N) is 1. The van der Waals surface area contributed by atoms with Crippen molar-refractivity contribution < 1.29 is 4.79 Å². The normalized spacial score (nSPS) is 12.7. The molecule has 0 saturated carbocycles. The Bertz CT molecular complexity index is 332. The van der Waals surface area contributed by atoms with Crippen LogP contribution in [-0.4, -0.2) is 12.5 Å². The minimum Gasteiger partial charge on any atom is -0.368 e. The first-order valence-corrected chi connectivity index (χ1v) is 6.45. The number of halogens is 1. The topological polar surface area (TPSA) is 55.1 Å². The number of hydrogen-bond donors (Lipinski definition) is 2. The van der Waals surface area contributed by atoms with E-state index in [9.17, 15) is 4.79 Å². The van der Waals surface area contributed by atoms with E-state index in [0.717, 1.165) is 27.2 Å². The highest BCUT2D eigenvalue weighted by Crippen LogP contribution is 2.30. The van der Waals surface area contributed by atoms with E-state index in [4.69, 9.17) is 5.73 Å². The predicted molar refractivity (Wildman–Crippen MR) is 67.0 cm³/mol. The molecule has 0 aromatic carbocycles. The minimum atomic E-state index is -0.361. The zero-order valence-electron chi connectivity index (χ0n) is 8.84. The molecule has 0 fully saturated rings. The molecule has 0 spiro atoms. The Labute approximate surface area is 102 Å². The van der Waals surface area contributed by atoms with E-state index in [-0.39, 0.29) is 11.9 Å². The van der Waals surface area contributed by atoms with E-state index in [1.807, 2.05) is 13.0 Å². The summed E-state index contributed by atoms with van der Waals surface area (Å²) in [6, 6.07) is 1.60. The van der Waals surface area contributed by atoms with Gasteiger partial charge in [0, 0.05) is 14.2 Å². The number of thiophene rings is 1. The zero-order chi connectivity index (χ0) is 11.4. The van der Waals surface area contributed by atoms with Crippen molar-refractivity contribution in [3.63, 3.8) is 0 Å². The molecule has 1 aromatic heterocycles. The average Bonchev–Trinajstić information content (AvgIpc) is 2.47. The van der Waals surface area contributed by atoms with Crippen LogP contribution >= 0.6 is 27.3 Å². The van der Waals surface area contributed by atoms with Crippen molar-refractivity contribution in [2.24, 2.45) is 5.73 Å². The van der Waals surface area contributed by atoms with Gasteiger partial charge in [0.25, 0.3) is 0 Å². The molecule has 3 nitrogen and oxygen atoms in total. The number of primary amides is 1. The third-order valence-corrected chi connectivity index (χ3v) is 4.25. The van der Waals surface area contributed by atoms with Gasteiger partial charge in [0.2, 0.25) is 5.91 Å². The number of aryl methyl sites for hydroxylation is 1. The van der Waals surface area contributed by atoms with Gasteiger partial charge in [0.15, 0.2) is 0 Å². The summed E-state index contributed by atoms with van der Waals surface area (Å²) in [5.74, 6) is -0.322. The molecular weight excluding hydrogens is 276 g/mol. The Hall–Kier alpha value is -0.390. The van der Waals surface area contributed by atoms with Crippen molar-refractivity contribution >= 4 is 33.2 Å². The van der Waals surface area contributed by atoms with Gasteiger partial charge in [-0.25, -0.2) is 0 Å². The maximum Gasteiger partial charge on any atom is 0.239 e. The molecule has 0 saturated heterocycles. The first-order valence-electron chi connectivity index (χ1n) is 4.84. The lowest BCUT2D eigenvalue weighted by atomic mass is 10.2. The molecule has 3 N–H and O–H groups in total. The molecule has 1 heterocycles. The SMILES string of the molecule is CCCNC(C(N)=O)c1cc(Br)c(C)s1. The van der Waals surface area contributed by atoms with Crippen LogP contribution in [0.2, 0.25) is 0 Å². The van der Waals surface area contributed by atoms with E-state index >= 15 is 0 Å². The molecule has 1 aromatic rings. The van der Waals surface area contributed by atoms with Crippen molar-refractivity contribution in [3.8, 4) is 0 Å². The molecule has 0 radical (unpaired) electrons. The number of carbonyl (C=O) groups is 1. The standard InChI is InChI=1S/C10H15BrN2OS/c1-3-4-13-9(10(12)14)8-5-7(11)6(2)15-8/h5,9,13H,3-4H2,1-2H3,(H2,12,14). The van der Waals surface area contributed by atoms with Gasteiger partial charge in [-0.15, -0.1) is 11.3 Å². The first kappa shape index (κ1) is 12.7. The smallest absolute Gasteiger partial charge is 0.239 e. The van der Waals surface area contributed by atoms with E-state index in [2.05, 4.69) is 28.2 Å². The second-order valence-corrected chi connectivity index (χ2v) is 5.48. The molecule has 1 rings (SSSR count). The molecule has 0 aliphatic carbocycles. The van der Waals surface area contributed by atoms with Gasteiger partial charge in [-0.05, 0) is 41.9 Å². The van der Waals surface area contributed by atoms with Crippen molar-refractivity contribution in [1.29, 1.82) is 0 Å². The Kier molecular flexibility index (Phi) is 4.76. The van der Waals surface area contributed by atoms with Crippen LogP contribution in [0.1, 0.15) is 29.1 Å². The second-order valence-electron chi connectivity index (χ2n) is 3.34. The summed E-state index contributed by atoms with van der Waals surface area (Å²) in [6.07, 6.45) is 0.981. The quantitative estimate of drug-likeness (QED) is 0.875. The van der Waals surface area contributed by atoms with E-state index in [1.54, 1.807) is 11.3 Å². The van der Waals surface area contributed by atoms with Crippen LogP contribution < -0.4 is 11.1 Å². The lowest BCUT2D eigenvalue weighted by Crippen LogP contribution is -2.33. The highest BCUT2D eigenvalue weighted by atomic mass is 79.9. The van der Waals surface area contributed by atoms with Crippen molar-refractivity contribution in [2.45, 2.75) is 26.3 Å². The zero-order valence-corrected chi connectivity index (χ0v) is 11.2. The molecular formula is C10H15BrN2OS. The summed E-state index contributed by atoms with van der Waals surface area (Å²) in [5, 5.41) is 3.14. The van der Waals surface area contributed by atoms with Gasteiger partial charge in [-0.3, -0.25) is 4.79 Å². The molecule has 1 amide bonds. The molecule has 0 bridgehead atoms. The van der Waals surface area contributed by atoms with Crippen LogP contribution in [-0.2, 0) is 4.79 Å². The number of hydrogen-bond acceptors (Lipinski definition) is 3. The van der Waals surface area contributed by atoms with Gasteiger partial charge < -0.3 is 11.1 Å². The van der Waals surface area contributed by atoms with Gasteiger partial charge in [-0.2, -0.15) is 0 Å². The van der Waals surface area contributed by atoms with E-state index in [0.29, 0.717) is 0 Å². The van der Waals surface area contributed by atoms with Crippen molar-refractivity contribution in [1.82, 2.24) is 5.32 Å². The second kappa shape index (κ2) is 5.63. The van der Waals surface area contributed by atoms with Crippen molar-refractivity contribution in [3.05, 3.63) is 20.3 Å². The lowest BCUT2D eigenvalue weighted by molar-refractivity contribution is -0.120.